The van der Waals surface area contributed by atoms with Gasteiger partial charge in [-0.05, 0) is 62.3 Å². The van der Waals surface area contributed by atoms with Crippen molar-refractivity contribution in [3.05, 3.63) is 54.0 Å². The normalized spacial score (nSPS) is 17.8. The van der Waals surface area contributed by atoms with Crippen LogP contribution in [0.3, 0.4) is 0 Å². The first-order valence-electron chi connectivity index (χ1n) is 10.3. The fourth-order valence-corrected chi connectivity index (χ4v) is 4.34. The molecular weight excluding hydrogens is 348 g/mol. The third kappa shape index (κ3) is 3.20. The van der Waals surface area contributed by atoms with Gasteiger partial charge in [0.05, 0.1) is 5.39 Å². The van der Waals surface area contributed by atoms with E-state index in [1.165, 1.54) is 23.1 Å². The lowest BCUT2D eigenvalue weighted by molar-refractivity contribution is 0.0904. The molecular formula is C23H26N4O. The van der Waals surface area contributed by atoms with Crippen molar-refractivity contribution in [2.75, 3.05) is 18.5 Å². The Labute approximate surface area is 165 Å². The van der Waals surface area contributed by atoms with Gasteiger partial charge in [0.2, 0.25) is 0 Å². The van der Waals surface area contributed by atoms with E-state index in [1.54, 1.807) is 6.33 Å². The van der Waals surface area contributed by atoms with E-state index in [0.29, 0.717) is 6.04 Å². The number of rotatable bonds is 4. The van der Waals surface area contributed by atoms with Crippen molar-refractivity contribution < 1.29 is 4.74 Å². The summed E-state index contributed by atoms with van der Waals surface area (Å²) in [6.45, 7) is 3.76. The molecule has 2 aromatic heterocycles. The lowest BCUT2D eigenvalue weighted by atomic mass is 10.0. The number of anilines is 1. The van der Waals surface area contributed by atoms with E-state index in [0.717, 1.165) is 61.4 Å². The van der Waals surface area contributed by atoms with E-state index in [2.05, 4.69) is 58.3 Å². The van der Waals surface area contributed by atoms with Crippen LogP contribution in [0.5, 0.6) is 0 Å². The Morgan fingerprint density at radius 2 is 2.07 bits per heavy atom. The SMILES string of the molecule is Cc1cccc(-n2cc(C3=CCCC3)c3c(NC4CCOCC4)ncnc32)c1. The zero-order chi connectivity index (χ0) is 18.9. The second-order valence-corrected chi connectivity index (χ2v) is 7.83. The van der Waals surface area contributed by atoms with Gasteiger partial charge in [0.25, 0.3) is 0 Å². The molecule has 5 rings (SSSR count). The molecule has 1 aromatic carbocycles. The Kier molecular flexibility index (Phi) is 4.61. The maximum absolute atomic E-state index is 5.52. The fourth-order valence-electron chi connectivity index (χ4n) is 4.34. The summed E-state index contributed by atoms with van der Waals surface area (Å²) in [6.07, 6.45) is 11.8. The van der Waals surface area contributed by atoms with Gasteiger partial charge >= 0.3 is 0 Å². The van der Waals surface area contributed by atoms with Gasteiger partial charge in [0, 0.05) is 36.7 Å². The quantitative estimate of drug-likeness (QED) is 0.707. The monoisotopic (exact) mass is 374 g/mol. The lowest BCUT2D eigenvalue weighted by Crippen LogP contribution is -2.28. The van der Waals surface area contributed by atoms with Gasteiger partial charge in [0.15, 0.2) is 5.65 Å². The largest absolute Gasteiger partial charge is 0.381 e. The predicted molar refractivity (Wildman–Crippen MR) is 113 cm³/mol. The third-order valence-electron chi connectivity index (χ3n) is 5.81. The van der Waals surface area contributed by atoms with E-state index in [-0.39, 0.29) is 0 Å². The summed E-state index contributed by atoms with van der Waals surface area (Å²) >= 11 is 0. The highest BCUT2D eigenvalue weighted by Crippen LogP contribution is 2.37. The number of nitrogens with one attached hydrogen (secondary N) is 1. The zero-order valence-electron chi connectivity index (χ0n) is 16.3. The fraction of sp³-hybridized carbons (Fsp3) is 0.391. The number of hydrogen-bond donors (Lipinski definition) is 1. The number of allylic oxidation sites excluding steroid dienone is 2. The van der Waals surface area contributed by atoms with Gasteiger partial charge in [-0.25, -0.2) is 9.97 Å². The molecule has 0 saturated carbocycles. The van der Waals surface area contributed by atoms with Crippen LogP contribution in [0.25, 0.3) is 22.3 Å². The second kappa shape index (κ2) is 7.40. The molecule has 0 unspecified atom stereocenters. The smallest absolute Gasteiger partial charge is 0.150 e. The molecule has 3 heterocycles. The van der Waals surface area contributed by atoms with Crippen molar-refractivity contribution in [3.8, 4) is 5.69 Å². The first kappa shape index (κ1) is 17.4. The highest BCUT2D eigenvalue weighted by atomic mass is 16.5. The number of benzene rings is 1. The first-order chi connectivity index (χ1) is 13.8. The highest BCUT2D eigenvalue weighted by Gasteiger charge is 2.22. The molecule has 28 heavy (non-hydrogen) atoms. The van der Waals surface area contributed by atoms with Crippen molar-refractivity contribution in [3.63, 3.8) is 0 Å². The molecule has 5 nitrogen and oxygen atoms in total. The number of fused-ring (bicyclic) bond motifs is 1. The van der Waals surface area contributed by atoms with Crippen LogP contribution in [0.2, 0.25) is 0 Å². The molecule has 144 valence electrons. The Morgan fingerprint density at radius 1 is 1.18 bits per heavy atom. The molecule has 0 bridgehead atoms. The molecule has 1 aliphatic heterocycles. The topological polar surface area (TPSA) is 52.0 Å². The van der Waals surface area contributed by atoms with Gasteiger partial charge in [-0.3, -0.25) is 0 Å². The molecule has 5 heteroatoms. The molecule has 0 amide bonds. The number of hydrogen-bond acceptors (Lipinski definition) is 4. The van der Waals surface area contributed by atoms with Crippen LogP contribution in [0.4, 0.5) is 5.82 Å². The number of aryl methyl sites for hydroxylation is 1. The Balaban J connectivity index is 1.66. The molecule has 1 fully saturated rings. The Morgan fingerprint density at radius 3 is 2.86 bits per heavy atom. The molecule has 0 spiro atoms. The summed E-state index contributed by atoms with van der Waals surface area (Å²) in [5, 5.41) is 4.83. The second-order valence-electron chi connectivity index (χ2n) is 7.83. The zero-order valence-corrected chi connectivity index (χ0v) is 16.3. The Bertz CT molecular complexity index is 1030. The Hall–Kier alpha value is -2.66. The number of ether oxygens (including phenoxy) is 1. The van der Waals surface area contributed by atoms with Gasteiger partial charge in [0.1, 0.15) is 12.1 Å². The number of aromatic nitrogens is 3. The molecule has 1 saturated heterocycles. The van der Waals surface area contributed by atoms with Crippen LogP contribution >= 0.6 is 0 Å². The predicted octanol–water partition coefficient (Wildman–Crippen LogP) is 4.89. The van der Waals surface area contributed by atoms with Crippen LogP contribution in [0.15, 0.2) is 42.9 Å². The molecule has 0 atom stereocenters. The van der Waals surface area contributed by atoms with Crippen molar-refractivity contribution in [1.82, 2.24) is 14.5 Å². The summed E-state index contributed by atoms with van der Waals surface area (Å²) in [5.74, 6) is 0.950. The van der Waals surface area contributed by atoms with Crippen LogP contribution in [0.1, 0.15) is 43.2 Å². The highest BCUT2D eigenvalue weighted by molar-refractivity contribution is 5.99. The maximum Gasteiger partial charge on any atom is 0.150 e. The van der Waals surface area contributed by atoms with E-state index in [1.807, 2.05) is 0 Å². The molecule has 0 radical (unpaired) electrons. The average molecular weight is 374 g/mol. The van der Waals surface area contributed by atoms with Crippen molar-refractivity contribution in [2.24, 2.45) is 0 Å². The minimum absolute atomic E-state index is 0.402. The summed E-state index contributed by atoms with van der Waals surface area (Å²) < 4.78 is 7.73. The van der Waals surface area contributed by atoms with Crippen LogP contribution in [-0.2, 0) is 4.74 Å². The van der Waals surface area contributed by atoms with Gasteiger partial charge < -0.3 is 14.6 Å². The molecule has 1 aliphatic carbocycles. The molecule has 3 aromatic rings. The van der Waals surface area contributed by atoms with Crippen molar-refractivity contribution >= 4 is 22.4 Å². The lowest BCUT2D eigenvalue weighted by Gasteiger charge is -2.24. The minimum atomic E-state index is 0.402. The van der Waals surface area contributed by atoms with Crippen molar-refractivity contribution in [2.45, 2.75) is 45.1 Å². The average Bonchev–Trinajstić information content (AvgIpc) is 3.37. The molecule has 2 aliphatic rings. The maximum atomic E-state index is 5.52. The van der Waals surface area contributed by atoms with Gasteiger partial charge in [-0.2, -0.15) is 0 Å². The summed E-state index contributed by atoms with van der Waals surface area (Å²) in [6, 6.07) is 8.99. The van der Waals surface area contributed by atoms with Crippen molar-refractivity contribution in [1.29, 1.82) is 0 Å². The summed E-state index contributed by atoms with van der Waals surface area (Å²) in [4.78, 5) is 9.35. The standard InChI is InChI=1S/C23H26N4O/c1-16-5-4-8-19(13-16)27-14-20(17-6-2-3-7-17)21-22(24-15-25-23(21)27)26-18-9-11-28-12-10-18/h4-6,8,13-15,18H,2-3,7,9-12H2,1H3,(H,24,25,26). The van der Waals surface area contributed by atoms with Gasteiger partial charge in [-0.15, -0.1) is 0 Å². The summed E-state index contributed by atoms with van der Waals surface area (Å²) in [5.41, 5.74) is 6.05. The van der Waals surface area contributed by atoms with Crippen LogP contribution in [0, 0.1) is 6.92 Å². The first-order valence-corrected chi connectivity index (χ1v) is 10.3. The van der Waals surface area contributed by atoms with Gasteiger partial charge in [-0.1, -0.05) is 18.2 Å². The van der Waals surface area contributed by atoms with E-state index < -0.39 is 0 Å². The molecule has 1 N–H and O–H groups in total. The van der Waals surface area contributed by atoms with Crippen LogP contribution in [-0.4, -0.2) is 33.8 Å². The number of nitrogens with zero attached hydrogens (tertiary/aromatic N) is 3. The third-order valence-corrected chi connectivity index (χ3v) is 5.81. The van der Waals surface area contributed by atoms with Crippen LogP contribution < -0.4 is 5.32 Å². The minimum Gasteiger partial charge on any atom is -0.381 e. The summed E-state index contributed by atoms with van der Waals surface area (Å²) in [7, 11) is 0. The van der Waals surface area contributed by atoms with E-state index in [4.69, 9.17) is 9.72 Å². The van der Waals surface area contributed by atoms with E-state index >= 15 is 0 Å². The van der Waals surface area contributed by atoms with E-state index in [9.17, 15) is 0 Å².